The molecule has 0 bridgehead atoms. The first-order chi connectivity index (χ1) is 9.70. The molecule has 4 nitrogen and oxygen atoms in total. The summed E-state index contributed by atoms with van der Waals surface area (Å²) in [6, 6.07) is 7.88. The maximum atomic E-state index is 12.4. The van der Waals surface area contributed by atoms with Crippen LogP contribution in [0.5, 0.6) is 5.75 Å². The molecule has 0 aromatic heterocycles. The van der Waals surface area contributed by atoms with Crippen LogP contribution in [-0.2, 0) is 16.0 Å². The average molecular weight is 277 g/mol. The van der Waals surface area contributed by atoms with Crippen LogP contribution < -0.4 is 10.1 Å². The Bertz CT molecular complexity index is 453. The Hall–Kier alpha value is -1.55. The van der Waals surface area contributed by atoms with Crippen molar-refractivity contribution in [3.63, 3.8) is 0 Å². The molecular formula is C16H23NO3. The number of nitrogens with one attached hydrogen (secondary N) is 1. The van der Waals surface area contributed by atoms with Crippen LogP contribution in [0, 0.1) is 0 Å². The maximum Gasteiger partial charge on any atom is 0.326 e. The second kappa shape index (κ2) is 6.75. The molecule has 1 atom stereocenters. The van der Waals surface area contributed by atoms with Gasteiger partial charge in [-0.1, -0.05) is 12.1 Å². The predicted octanol–water partition coefficient (Wildman–Crippen LogP) is 2.31. The zero-order valence-electron chi connectivity index (χ0n) is 12.3. The van der Waals surface area contributed by atoms with Crippen molar-refractivity contribution in [3.8, 4) is 5.75 Å². The lowest BCUT2D eigenvalue weighted by Gasteiger charge is -2.36. The molecule has 0 radical (unpaired) electrons. The molecule has 1 aromatic carbocycles. The number of piperidine rings is 1. The molecule has 1 aliphatic rings. The van der Waals surface area contributed by atoms with Crippen molar-refractivity contribution in [2.24, 2.45) is 0 Å². The standard InChI is InChI=1S/C16H23NO3/c1-3-20-15(18)16(9-4-5-10-17-16)12-13-7-6-8-14(11-13)19-2/h6-8,11,17H,3-5,9-10,12H2,1-2H3/t16-/m1/s1. The van der Waals surface area contributed by atoms with Crippen molar-refractivity contribution in [1.82, 2.24) is 5.32 Å². The van der Waals surface area contributed by atoms with Gasteiger partial charge in [0.2, 0.25) is 0 Å². The third kappa shape index (κ3) is 3.31. The summed E-state index contributed by atoms with van der Waals surface area (Å²) in [6.07, 6.45) is 3.63. The van der Waals surface area contributed by atoms with E-state index in [2.05, 4.69) is 5.32 Å². The summed E-state index contributed by atoms with van der Waals surface area (Å²) in [6.45, 7) is 3.13. The van der Waals surface area contributed by atoms with Gasteiger partial charge in [0, 0.05) is 6.42 Å². The summed E-state index contributed by atoms with van der Waals surface area (Å²) >= 11 is 0. The summed E-state index contributed by atoms with van der Waals surface area (Å²) in [7, 11) is 1.65. The normalized spacial score (nSPS) is 22.3. The second-order valence-corrected chi connectivity index (χ2v) is 5.21. The summed E-state index contributed by atoms with van der Waals surface area (Å²) < 4.78 is 10.5. The van der Waals surface area contributed by atoms with Crippen molar-refractivity contribution >= 4 is 5.97 Å². The van der Waals surface area contributed by atoms with Crippen LogP contribution in [0.15, 0.2) is 24.3 Å². The van der Waals surface area contributed by atoms with Gasteiger partial charge in [0.1, 0.15) is 11.3 Å². The summed E-state index contributed by atoms with van der Waals surface area (Å²) in [4.78, 5) is 12.4. The van der Waals surface area contributed by atoms with Crippen LogP contribution in [0.4, 0.5) is 0 Å². The molecule has 0 spiro atoms. The number of carbonyl (C=O) groups excluding carboxylic acids is 1. The highest BCUT2D eigenvalue weighted by Crippen LogP contribution is 2.27. The zero-order chi connectivity index (χ0) is 14.4. The molecule has 4 heteroatoms. The van der Waals surface area contributed by atoms with Crippen molar-refractivity contribution in [2.45, 2.75) is 38.1 Å². The Kier molecular flexibility index (Phi) is 5.01. The largest absolute Gasteiger partial charge is 0.497 e. The second-order valence-electron chi connectivity index (χ2n) is 5.21. The van der Waals surface area contributed by atoms with Gasteiger partial charge >= 0.3 is 5.97 Å². The van der Waals surface area contributed by atoms with Gasteiger partial charge in [0.25, 0.3) is 0 Å². The summed E-state index contributed by atoms with van der Waals surface area (Å²) in [5.41, 5.74) is 0.507. The number of carbonyl (C=O) groups is 1. The van der Waals surface area contributed by atoms with E-state index in [4.69, 9.17) is 9.47 Å². The minimum absolute atomic E-state index is 0.137. The smallest absolute Gasteiger partial charge is 0.326 e. The lowest BCUT2D eigenvalue weighted by Crippen LogP contribution is -2.57. The highest BCUT2D eigenvalue weighted by Gasteiger charge is 2.40. The zero-order valence-corrected chi connectivity index (χ0v) is 12.3. The first-order valence-electron chi connectivity index (χ1n) is 7.25. The van der Waals surface area contributed by atoms with Crippen LogP contribution in [0.1, 0.15) is 31.7 Å². The van der Waals surface area contributed by atoms with Crippen LogP contribution >= 0.6 is 0 Å². The Morgan fingerprint density at radius 2 is 2.25 bits per heavy atom. The molecule has 0 amide bonds. The molecule has 2 rings (SSSR count). The van der Waals surface area contributed by atoms with Crippen molar-refractivity contribution < 1.29 is 14.3 Å². The van der Waals surface area contributed by atoms with Gasteiger partial charge in [-0.3, -0.25) is 4.79 Å². The molecule has 20 heavy (non-hydrogen) atoms. The van der Waals surface area contributed by atoms with E-state index in [0.717, 1.165) is 37.1 Å². The Morgan fingerprint density at radius 1 is 1.40 bits per heavy atom. The third-order valence-electron chi connectivity index (χ3n) is 3.80. The quantitative estimate of drug-likeness (QED) is 0.839. The van der Waals surface area contributed by atoms with Gasteiger partial charge in [-0.2, -0.15) is 0 Å². The molecule has 1 heterocycles. The van der Waals surface area contributed by atoms with Gasteiger partial charge in [-0.05, 0) is 50.4 Å². The van der Waals surface area contributed by atoms with Gasteiger partial charge < -0.3 is 14.8 Å². The third-order valence-corrected chi connectivity index (χ3v) is 3.80. The van der Waals surface area contributed by atoms with Crippen LogP contribution in [0.25, 0.3) is 0 Å². The molecule has 1 fully saturated rings. The van der Waals surface area contributed by atoms with E-state index < -0.39 is 5.54 Å². The predicted molar refractivity (Wildman–Crippen MR) is 77.9 cm³/mol. The van der Waals surface area contributed by atoms with E-state index in [-0.39, 0.29) is 5.97 Å². The SMILES string of the molecule is CCOC(=O)[C@]1(Cc2cccc(OC)c2)CCCCN1. The Morgan fingerprint density at radius 3 is 2.90 bits per heavy atom. The van der Waals surface area contributed by atoms with Crippen LogP contribution in [0.2, 0.25) is 0 Å². The van der Waals surface area contributed by atoms with E-state index in [1.165, 1.54) is 0 Å². The van der Waals surface area contributed by atoms with Gasteiger partial charge in [-0.15, -0.1) is 0 Å². The maximum absolute atomic E-state index is 12.4. The minimum Gasteiger partial charge on any atom is -0.497 e. The van der Waals surface area contributed by atoms with E-state index >= 15 is 0 Å². The fraction of sp³-hybridized carbons (Fsp3) is 0.562. The molecule has 1 aromatic rings. The molecule has 0 aliphatic carbocycles. The lowest BCUT2D eigenvalue weighted by molar-refractivity contribution is -0.152. The number of methoxy groups -OCH3 is 1. The number of rotatable bonds is 5. The Balaban J connectivity index is 2.20. The average Bonchev–Trinajstić information content (AvgIpc) is 2.48. The molecular weight excluding hydrogens is 254 g/mol. The van der Waals surface area contributed by atoms with E-state index in [0.29, 0.717) is 13.0 Å². The lowest BCUT2D eigenvalue weighted by atomic mass is 9.83. The molecule has 1 aliphatic heterocycles. The topological polar surface area (TPSA) is 47.6 Å². The minimum atomic E-state index is -0.583. The first-order valence-corrected chi connectivity index (χ1v) is 7.25. The first kappa shape index (κ1) is 14.9. The van der Waals surface area contributed by atoms with Gasteiger partial charge in [-0.25, -0.2) is 0 Å². The van der Waals surface area contributed by atoms with E-state index in [1.54, 1.807) is 7.11 Å². The van der Waals surface area contributed by atoms with Crippen molar-refractivity contribution in [3.05, 3.63) is 29.8 Å². The van der Waals surface area contributed by atoms with Crippen molar-refractivity contribution in [1.29, 1.82) is 0 Å². The van der Waals surface area contributed by atoms with Crippen LogP contribution in [0.3, 0.4) is 0 Å². The highest BCUT2D eigenvalue weighted by molar-refractivity contribution is 5.81. The Labute approximate surface area is 120 Å². The molecule has 1 N–H and O–H groups in total. The monoisotopic (exact) mass is 277 g/mol. The molecule has 0 unspecified atom stereocenters. The number of ether oxygens (including phenoxy) is 2. The van der Waals surface area contributed by atoms with Crippen molar-refractivity contribution in [2.75, 3.05) is 20.3 Å². The van der Waals surface area contributed by atoms with E-state index in [1.807, 2.05) is 31.2 Å². The molecule has 1 saturated heterocycles. The number of hydrogen-bond donors (Lipinski definition) is 1. The highest BCUT2D eigenvalue weighted by atomic mass is 16.5. The van der Waals surface area contributed by atoms with Crippen LogP contribution in [-0.4, -0.2) is 31.8 Å². The fourth-order valence-corrected chi connectivity index (χ4v) is 2.77. The number of esters is 1. The molecule has 110 valence electrons. The number of hydrogen-bond acceptors (Lipinski definition) is 4. The summed E-state index contributed by atoms with van der Waals surface area (Å²) in [5.74, 6) is 0.680. The number of benzene rings is 1. The molecule has 0 saturated carbocycles. The van der Waals surface area contributed by atoms with E-state index in [9.17, 15) is 4.79 Å². The van der Waals surface area contributed by atoms with Gasteiger partial charge in [0.15, 0.2) is 0 Å². The summed E-state index contributed by atoms with van der Waals surface area (Å²) in [5, 5.41) is 3.39. The van der Waals surface area contributed by atoms with Gasteiger partial charge in [0.05, 0.1) is 13.7 Å². The fourth-order valence-electron chi connectivity index (χ4n) is 2.77.